The average molecular weight is 508 g/mol. The molecule has 4 aromatic rings. The third-order valence-corrected chi connectivity index (χ3v) is 6.26. The number of aromatic carboxylic acids is 1. The van der Waals surface area contributed by atoms with Gasteiger partial charge in [-0.2, -0.15) is 0 Å². The van der Waals surface area contributed by atoms with Gasteiger partial charge in [-0.15, -0.1) is 0 Å². The molecular formula is C26H23ClFN5O3. The zero-order valence-electron chi connectivity index (χ0n) is 19.5. The van der Waals surface area contributed by atoms with Crippen molar-refractivity contribution >= 4 is 34.2 Å². The molecule has 184 valence electrons. The van der Waals surface area contributed by atoms with Crippen LogP contribution in [0.4, 0.5) is 4.39 Å². The quantitative estimate of drug-likeness (QED) is 0.365. The lowest BCUT2D eigenvalue weighted by molar-refractivity contribution is 0.0697. The molecule has 0 saturated heterocycles. The number of rotatable bonds is 8. The van der Waals surface area contributed by atoms with Crippen LogP contribution >= 0.6 is 11.6 Å². The largest absolute Gasteiger partial charge is 0.484 e. The van der Waals surface area contributed by atoms with Crippen molar-refractivity contribution in [2.75, 3.05) is 13.1 Å². The van der Waals surface area contributed by atoms with Crippen molar-refractivity contribution in [1.82, 2.24) is 24.4 Å². The first-order valence-electron chi connectivity index (χ1n) is 11.4. The Hall–Kier alpha value is -3.82. The van der Waals surface area contributed by atoms with Crippen LogP contribution in [0.3, 0.4) is 0 Å². The van der Waals surface area contributed by atoms with E-state index in [1.165, 1.54) is 12.1 Å². The van der Waals surface area contributed by atoms with E-state index in [-0.39, 0.29) is 17.9 Å². The van der Waals surface area contributed by atoms with Crippen LogP contribution in [0, 0.1) is 5.82 Å². The Bertz CT molecular complexity index is 1490. The van der Waals surface area contributed by atoms with Gasteiger partial charge in [-0.25, -0.2) is 19.2 Å². The Morgan fingerprint density at radius 1 is 1.19 bits per heavy atom. The van der Waals surface area contributed by atoms with Crippen molar-refractivity contribution in [2.24, 2.45) is 0 Å². The lowest BCUT2D eigenvalue weighted by Crippen LogP contribution is -2.22. The van der Waals surface area contributed by atoms with Crippen LogP contribution < -0.4 is 4.74 Å². The zero-order valence-corrected chi connectivity index (χ0v) is 20.2. The van der Waals surface area contributed by atoms with E-state index in [9.17, 15) is 14.3 Å². The van der Waals surface area contributed by atoms with Gasteiger partial charge in [0.2, 0.25) is 0 Å². The van der Waals surface area contributed by atoms with Crippen molar-refractivity contribution in [3.8, 4) is 5.75 Å². The van der Waals surface area contributed by atoms with Gasteiger partial charge < -0.3 is 14.4 Å². The monoisotopic (exact) mass is 507 g/mol. The summed E-state index contributed by atoms with van der Waals surface area (Å²) in [4.78, 5) is 27.3. The van der Waals surface area contributed by atoms with Gasteiger partial charge in [0.15, 0.2) is 11.6 Å². The molecule has 0 atom stereocenters. The summed E-state index contributed by atoms with van der Waals surface area (Å²) in [7, 11) is 0. The van der Waals surface area contributed by atoms with Crippen molar-refractivity contribution in [3.05, 3.63) is 88.5 Å². The summed E-state index contributed by atoms with van der Waals surface area (Å²) in [5.74, 6) is -0.504. The normalized spacial score (nSPS) is 13.8. The molecule has 0 radical (unpaired) electrons. The Balaban J connectivity index is 1.27. The maximum absolute atomic E-state index is 14.0. The molecule has 1 aliphatic rings. The maximum Gasteiger partial charge on any atom is 0.335 e. The number of nitrogens with zero attached hydrogens (tertiary/aromatic N) is 5. The molecule has 0 saturated carbocycles. The molecule has 3 heterocycles. The second kappa shape index (κ2) is 10.0. The third kappa shape index (κ3) is 4.93. The van der Waals surface area contributed by atoms with Crippen LogP contribution in [-0.4, -0.2) is 48.6 Å². The van der Waals surface area contributed by atoms with Gasteiger partial charge in [0, 0.05) is 24.7 Å². The molecule has 5 rings (SSSR count). The van der Waals surface area contributed by atoms with Crippen LogP contribution in [-0.2, 0) is 19.7 Å². The second-order valence-electron chi connectivity index (χ2n) is 8.44. The van der Waals surface area contributed by atoms with E-state index in [4.69, 9.17) is 21.3 Å². The summed E-state index contributed by atoms with van der Waals surface area (Å²) in [6, 6.07) is 9.25. The standard InChI is InChI=1S/C26H23ClFN5O3/c1-2-33-23-9-16(26(34)35)3-5-21(23)31-25(33)14-32-8-7-17(13-32)22-12-29-11-19(30-22)15-36-24-6-4-18(27)10-20(24)28/h3-7,9-12H,2,8,13-15H2,1H3,(H,34,35). The van der Waals surface area contributed by atoms with Crippen LogP contribution in [0.25, 0.3) is 16.6 Å². The summed E-state index contributed by atoms with van der Waals surface area (Å²) < 4.78 is 21.6. The van der Waals surface area contributed by atoms with E-state index in [0.29, 0.717) is 30.4 Å². The first-order valence-corrected chi connectivity index (χ1v) is 11.8. The summed E-state index contributed by atoms with van der Waals surface area (Å²) in [6.45, 7) is 4.78. The highest BCUT2D eigenvalue weighted by atomic mass is 35.5. The first kappa shape index (κ1) is 23.9. The molecule has 0 aliphatic carbocycles. The molecule has 1 aliphatic heterocycles. The third-order valence-electron chi connectivity index (χ3n) is 6.03. The Morgan fingerprint density at radius 2 is 2.06 bits per heavy atom. The van der Waals surface area contributed by atoms with Crippen LogP contribution in [0.5, 0.6) is 5.75 Å². The van der Waals surface area contributed by atoms with Gasteiger partial charge in [-0.1, -0.05) is 17.7 Å². The smallest absolute Gasteiger partial charge is 0.335 e. The van der Waals surface area contributed by atoms with Crippen molar-refractivity contribution in [2.45, 2.75) is 26.6 Å². The van der Waals surface area contributed by atoms with Gasteiger partial charge >= 0.3 is 5.97 Å². The zero-order chi connectivity index (χ0) is 25.2. The number of fused-ring (bicyclic) bond motifs is 1. The highest BCUT2D eigenvalue weighted by Crippen LogP contribution is 2.25. The minimum Gasteiger partial charge on any atom is -0.484 e. The molecule has 0 bridgehead atoms. The number of hydrogen-bond acceptors (Lipinski definition) is 6. The molecule has 1 N–H and O–H groups in total. The van der Waals surface area contributed by atoms with Crippen LogP contribution in [0.15, 0.2) is 54.9 Å². The number of carbonyl (C=O) groups is 1. The highest BCUT2D eigenvalue weighted by Gasteiger charge is 2.21. The summed E-state index contributed by atoms with van der Waals surface area (Å²) >= 11 is 5.79. The molecule has 0 fully saturated rings. The van der Waals surface area contributed by atoms with Gasteiger partial charge in [0.05, 0.1) is 46.9 Å². The first-order chi connectivity index (χ1) is 17.4. The van der Waals surface area contributed by atoms with Gasteiger partial charge in [0.25, 0.3) is 0 Å². The second-order valence-corrected chi connectivity index (χ2v) is 8.88. The summed E-state index contributed by atoms with van der Waals surface area (Å²) in [5, 5.41) is 9.63. The molecule has 36 heavy (non-hydrogen) atoms. The molecule has 0 spiro atoms. The fraction of sp³-hybridized carbons (Fsp3) is 0.231. The molecule has 8 nitrogen and oxygen atoms in total. The van der Waals surface area contributed by atoms with Gasteiger partial charge in [0.1, 0.15) is 12.4 Å². The van der Waals surface area contributed by atoms with E-state index in [1.54, 1.807) is 36.7 Å². The number of hydrogen-bond donors (Lipinski definition) is 1. The fourth-order valence-corrected chi connectivity index (χ4v) is 4.43. The number of ether oxygens (including phenoxy) is 1. The van der Waals surface area contributed by atoms with Crippen LogP contribution in [0.1, 0.15) is 34.5 Å². The molecule has 0 unspecified atom stereocenters. The van der Waals surface area contributed by atoms with Crippen molar-refractivity contribution < 1.29 is 19.0 Å². The minimum atomic E-state index is -0.956. The number of aromatic nitrogens is 4. The molecule has 2 aromatic heterocycles. The molecule has 0 amide bonds. The predicted octanol–water partition coefficient (Wildman–Crippen LogP) is 4.82. The number of imidazole rings is 1. The van der Waals surface area contributed by atoms with E-state index in [0.717, 1.165) is 34.7 Å². The lowest BCUT2D eigenvalue weighted by Gasteiger charge is -2.16. The Labute approximate surface area is 211 Å². The number of halogens is 2. The minimum absolute atomic E-state index is 0.0786. The average Bonchev–Trinajstić information content (AvgIpc) is 3.47. The van der Waals surface area contributed by atoms with E-state index in [1.807, 2.05) is 11.5 Å². The van der Waals surface area contributed by atoms with E-state index in [2.05, 4.69) is 20.9 Å². The fourth-order valence-electron chi connectivity index (χ4n) is 4.27. The van der Waals surface area contributed by atoms with Crippen molar-refractivity contribution in [3.63, 3.8) is 0 Å². The predicted molar refractivity (Wildman–Crippen MR) is 133 cm³/mol. The van der Waals surface area contributed by atoms with E-state index >= 15 is 0 Å². The van der Waals surface area contributed by atoms with Gasteiger partial charge in [-0.3, -0.25) is 9.88 Å². The Kier molecular flexibility index (Phi) is 6.67. The Morgan fingerprint density at radius 3 is 2.83 bits per heavy atom. The summed E-state index contributed by atoms with van der Waals surface area (Å²) in [6.07, 6.45) is 5.41. The summed E-state index contributed by atoms with van der Waals surface area (Å²) in [5.41, 5.74) is 4.20. The van der Waals surface area contributed by atoms with Crippen LogP contribution in [0.2, 0.25) is 5.02 Å². The van der Waals surface area contributed by atoms with E-state index < -0.39 is 11.8 Å². The highest BCUT2D eigenvalue weighted by molar-refractivity contribution is 6.30. The van der Waals surface area contributed by atoms with Gasteiger partial charge in [-0.05, 0) is 48.9 Å². The number of carboxylic acids is 1. The molecular weight excluding hydrogens is 485 g/mol. The lowest BCUT2D eigenvalue weighted by atomic mass is 10.2. The number of benzene rings is 2. The SMILES string of the molecule is CCn1c(CN2CC=C(c3cncc(COc4ccc(Cl)cc4F)n3)C2)nc2ccc(C(=O)O)cc21. The molecule has 2 aromatic carbocycles. The maximum atomic E-state index is 14.0. The van der Waals surface area contributed by atoms with Crippen molar-refractivity contribution in [1.29, 1.82) is 0 Å². The number of aryl methyl sites for hydroxylation is 1. The topological polar surface area (TPSA) is 93.4 Å². The number of carboxylic acid groups (broad SMARTS) is 1. The molecule has 10 heteroatoms.